The molecule has 110 valence electrons. The van der Waals surface area contributed by atoms with Gasteiger partial charge in [0.1, 0.15) is 0 Å². The topological polar surface area (TPSA) is 17.1 Å². The van der Waals surface area contributed by atoms with Crippen LogP contribution in [0.25, 0.3) is 18.2 Å². The van der Waals surface area contributed by atoms with E-state index in [0.717, 1.165) is 30.4 Å². The standard InChI is InChI=1S/C21H20O/c22-21-9-5-4-8-20(21)16-19-14-12-18(13-15-19)11-10-17-6-2-1-3-7-17/h1-3,6-7,10-16H,4-5,8-9H2/b11-10+,20-16+. The minimum absolute atomic E-state index is 0.319. The summed E-state index contributed by atoms with van der Waals surface area (Å²) in [5, 5.41) is 0. The lowest BCUT2D eigenvalue weighted by molar-refractivity contribution is -0.116. The molecule has 22 heavy (non-hydrogen) atoms. The third-order valence-electron chi connectivity index (χ3n) is 4.00. The highest BCUT2D eigenvalue weighted by molar-refractivity contribution is 6.00. The van der Waals surface area contributed by atoms with E-state index in [4.69, 9.17) is 0 Å². The Hall–Kier alpha value is -2.41. The van der Waals surface area contributed by atoms with Crippen LogP contribution in [0.4, 0.5) is 0 Å². The number of benzene rings is 2. The maximum absolute atomic E-state index is 11.8. The van der Waals surface area contributed by atoms with Gasteiger partial charge in [-0.05, 0) is 47.6 Å². The largest absolute Gasteiger partial charge is 0.295 e. The summed E-state index contributed by atoms with van der Waals surface area (Å²) in [6.07, 6.45) is 10.1. The average molecular weight is 288 g/mol. The molecule has 1 nitrogen and oxygen atoms in total. The lowest BCUT2D eigenvalue weighted by atomic mass is 9.92. The Morgan fingerprint density at radius 3 is 1.95 bits per heavy atom. The number of hydrogen-bond acceptors (Lipinski definition) is 1. The van der Waals surface area contributed by atoms with Crippen molar-refractivity contribution in [3.63, 3.8) is 0 Å². The number of rotatable bonds is 3. The molecule has 1 aliphatic rings. The Morgan fingerprint density at radius 2 is 1.27 bits per heavy atom. The van der Waals surface area contributed by atoms with E-state index in [1.165, 1.54) is 11.1 Å². The Kier molecular flexibility index (Phi) is 4.65. The molecule has 1 saturated carbocycles. The van der Waals surface area contributed by atoms with E-state index in [2.05, 4.69) is 48.6 Å². The maximum atomic E-state index is 11.8. The molecule has 0 atom stereocenters. The molecule has 3 rings (SSSR count). The molecular weight excluding hydrogens is 268 g/mol. The number of allylic oxidation sites excluding steroid dienone is 1. The highest BCUT2D eigenvalue weighted by atomic mass is 16.1. The molecule has 0 radical (unpaired) electrons. The molecule has 1 aliphatic carbocycles. The highest BCUT2D eigenvalue weighted by Crippen LogP contribution is 2.22. The smallest absolute Gasteiger partial charge is 0.158 e. The molecule has 0 aliphatic heterocycles. The number of hydrogen-bond donors (Lipinski definition) is 0. The molecule has 1 fully saturated rings. The predicted molar refractivity (Wildman–Crippen MR) is 93.3 cm³/mol. The second-order valence-corrected chi connectivity index (χ2v) is 5.71. The molecule has 2 aromatic rings. The van der Waals surface area contributed by atoms with E-state index in [0.29, 0.717) is 12.2 Å². The third kappa shape index (κ3) is 3.82. The van der Waals surface area contributed by atoms with Gasteiger partial charge in [-0.2, -0.15) is 0 Å². The maximum Gasteiger partial charge on any atom is 0.158 e. The first kappa shape index (κ1) is 14.5. The van der Waals surface area contributed by atoms with Crippen molar-refractivity contribution in [3.8, 4) is 0 Å². The first-order valence-corrected chi connectivity index (χ1v) is 7.88. The molecule has 0 aromatic heterocycles. The van der Waals surface area contributed by atoms with Crippen molar-refractivity contribution >= 4 is 24.0 Å². The van der Waals surface area contributed by atoms with Gasteiger partial charge in [0.25, 0.3) is 0 Å². The molecule has 0 spiro atoms. The van der Waals surface area contributed by atoms with Gasteiger partial charge in [-0.3, -0.25) is 4.79 Å². The van der Waals surface area contributed by atoms with E-state index in [1.54, 1.807) is 0 Å². The van der Waals surface area contributed by atoms with Gasteiger partial charge in [0.05, 0.1) is 0 Å². The molecule has 0 heterocycles. The van der Waals surface area contributed by atoms with Gasteiger partial charge >= 0.3 is 0 Å². The van der Waals surface area contributed by atoms with E-state index in [1.807, 2.05) is 24.3 Å². The molecule has 2 aromatic carbocycles. The van der Waals surface area contributed by atoms with Crippen LogP contribution in [0.15, 0.2) is 60.2 Å². The van der Waals surface area contributed by atoms with E-state index >= 15 is 0 Å². The van der Waals surface area contributed by atoms with Gasteiger partial charge in [0, 0.05) is 6.42 Å². The average Bonchev–Trinajstić information content (AvgIpc) is 2.57. The Labute approximate surface area is 132 Å². The summed E-state index contributed by atoms with van der Waals surface area (Å²) in [6.45, 7) is 0. The number of Topliss-reactive ketones (excluding diaryl/α,β-unsaturated/α-hetero) is 1. The van der Waals surface area contributed by atoms with Gasteiger partial charge in [-0.25, -0.2) is 0 Å². The summed E-state index contributed by atoms with van der Waals surface area (Å²) in [4.78, 5) is 11.8. The van der Waals surface area contributed by atoms with Crippen LogP contribution in [-0.2, 0) is 4.79 Å². The fourth-order valence-electron chi connectivity index (χ4n) is 2.71. The Balaban J connectivity index is 1.71. The van der Waals surface area contributed by atoms with Crippen molar-refractivity contribution < 1.29 is 4.79 Å². The van der Waals surface area contributed by atoms with Crippen molar-refractivity contribution in [2.75, 3.05) is 0 Å². The Morgan fingerprint density at radius 1 is 0.682 bits per heavy atom. The minimum atomic E-state index is 0.319. The van der Waals surface area contributed by atoms with E-state index in [-0.39, 0.29) is 0 Å². The van der Waals surface area contributed by atoms with Crippen molar-refractivity contribution in [1.29, 1.82) is 0 Å². The molecule has 0 unspecified atom stereocenters. The van der Waals surface area contributed by atoms with Crippen molar-refractivity contribution in [2.24, 2.45) is 0 Å². The quantitative estimate of drug-likeness (QED) is 0.547. The lowest BCUT2D eigenvalue weighted by Gasteiger charge is -2.12. The second-order valence-electron chi connectivity index (χ2n) is 5.71. The Bertz CT molecular complexity index is 690. The molecule has 1 heteroatoms. The summed E-state index contributed by atoms with van der Waals surface area (Å²) in [7, 11) is 0. The first-order valence-electron chi connectivity index (χ1n) is 7.88. The zero-order chi connectivity index (χ0) is 15.2. The van der Waals surface area contributed by atoms with Gasteiger partial charge < -0.3 is 0 Å². The van der Waals surface area contributed by atoms with Crippen LogP contribution in [0.2, 0.25) is 0 Å². The van der Waals surface area contributed by atoms with Crippen LogP contribution >= 0.6 is 0 Å². The first-order chi connectivity index (χ1) is 10.8. The van der Waals surface area contributed by atoms with Crippen LogP contribution in [0, 0.1) is 0 Å². The van der Waals surface area contributed by atoms with E-state index in [9.17, 15) is 4.79 Å². The van der Waals surface area contributed by atoms with Crippen LogP contribution in [0.1, 0.15) is 42.4 Å². The van der Waals surface area contributed by atoms with Crippen LogP contribution < -0.4 is 0 Å². The van der Waals surface area contributed by atoms with Gasteiger partial charge in [0.2, 0.25) is 0 Å². The van der Waals surface area contributed by atoms with Crippen molar-refractivity contribution in [1.82, 2.24) is 0 Å². The monoisotopic (exact) mass is 288 g/mol. The van der Waals surface area contributed by atoms with Crippen LogP contribution in [0.5, 0.6) is 0 Å². The third-order valence-corrected chi connectivity index (χ3v) is 4.00. The fourth-order valence-corrected chi connectivity index (χ4v) is 2.71. The number of ketones is 1. The number of carbonyl (C=O) groups is 1. The molecule has 0 bridgehead atoms. The highest BCUT2D eigenvalue weighted by Gasteiger charge is 2.14. The molecule has 0 N–H and O–H groups in total. The lowest BCUT2D eigenvalue weighted by Crippen LogP contribution is -2.07. The summed E-state index contributed by atoms with van der Waals surface area (Å²) >= 11 is 0. The molecule has 0 saturated heterocycles. The van der Waals surface area contributed by atoms with Gasteiger partial charge in [-0.15, -0.1) is 0 Å². The minimum Gasteiger partial charge on any atom is -0.295 e. The summed E-state index contributed by atoms with van der Waals surface area (Å²) < 4.78 is 0. The van der Waals surface area contributed by atoms with Gasteiger partial charge in [-0.1, -0.05) is 66.7 Å². The SMILES string of the molecule is O=C1CCCC/C1=C\c1ccc(/C=C/c2ccccc2)cc1. The summed E-state index contributed by atoms with van der Waals surface area (Å²) in [6, 6.07) is 18.6. The summed E-state index contributed by atoms with van der Waals surface area (Å²) in [5.41, 5.74) is 4.46. The predicted octanol–water partition coefficient (Wildman–Crippen LogP) is 5.38. The fraction of sp³-hybridized carbons (Fsp3) is 0.190. The van der Waals surface area contributed by atoms with E-state index < -0.39 is 0 Å². The zero-order valence-electron chi connectivity index (χ0n) is 12.7. The normalized spacial score (nSPS) is 17.3. The van der Waals surface area contributed by atoms with Crippen molar-refractivity contribution in [3.05, 3.63) is 76.9 Å². The van der Waals surface area contributed by atoms with Crippen molar-refractivity contribution in [2.45, 2.75) is 25.7 Å². The number of carbonyl (C=O) groups excluding carboxylic acids is 1. The van der Waals surface area contributed by atoms with Crippen LogP contribution in [-0.4, -0.2) is 5.78 Å². The zero-order valence-corrected chi connectivity index (χ0v) is 12.7. The molecular formula is C21H20O. The molecule has 0 amide bonds. The second kappa shape index (κ2) is 7.04. The van der Waals surface area contributed by atoms with Gasteiger partial charge in [0.15, 0.2) is 5.78 Å². The van der Waals surface area contributed by atoms with Crippen LogP contribution in [0.3, 0.4) is 0 Å². The summed E-state index contributed by atoms with van der Waals surface area (Å²) in [5.74, 6) is 0.319.